The number of allylic oxidation sites excluding steroid dienone is 1. The first-order chi connectivity index (χ1) is 10.3. The van der Waals surface area contributed by atoms with Crippen molar-refractivity contribution in [1.82, 2.24) is 0 Å². The second-order valence-electron chi connectivity index (χ2n) is 5.05. The molecular formula is C18H27NO2. The van der Waals surface area contributed by atoms with Gasteiger partial charge >= 0.3 is 0 Å². The predicted molar refractivity (Wildman–Crippen MR) is 88.8 cm³/mol. The summed E-state index contributed by atoms with van der Waals surface area (Å²) in [5.41, 5.74) is 0.788. The first-order valence-corrected chi connectivity index (χ1v) is 7.96. The summed E-state index contributed by atoms with van der Waals surface area (Å²) in [6.45, 7) is 4.81. The fourth-order valence-corrected chi connectivity index (χ4v) is 2.04. The van der Waals surface area contributed by atoms with Gasteiger partial charge in [0.1, 0.15) is 5.75 Å². The number of anilines is 1. The van der Waals surface area contributed by atoms with Crippen LogP contribution in [0.4, 0.5) is 5.69 Å². The van der Waals surface area contributed by atoms with Crippen molar-refractivity contribution < 1.29 is 9.53 Å². The zero-order valence-electron chi connectivity index (χ0n) is 13.2. The molecule has 0 fully saturated rings. The summed E-state index contributed by atoms with van der Waals surface area (Å²) in [5, 5.41) is 2.84. The Morgan fingerprint density at radius 2 is 1.81 bits per heavy atom. The Labute approximate surface area is 128 Å². The van der Waals surface area contributed by atoms with Gasteiger partial charge in [-0.1, -0.05) is 38.7 Å². The molecule has 3 heteroatoms. The van der Waals surface area contributed by atoms with Gasteiger partial charge in [0.2, 0.25) is 5.91 Å². The van der Waals surface area contributed by atoms with Gasteiger partial charge in [-0.25, -0.2) is 0 Å². The van der Waals surface area contributed by atoms with Gasteiger partial charge in [0.15, 0.2) is 0 Å². The summed E-state index contributed by atoms with van der Waals surface area (Å²) in [7, 11) is 0. The summed E-state index contributed by atoms with van der Waals surface area (Å²) in [6, 6.07) is 7.41. The first-order valence-electron chi connectivity index (χ1n) is 7.96. The number of hydrogen-bond acceptors (Lipinski definition) is 2. The molecule has 0 saturated carbocycles. The summed E-state index contributed by atoms with van der Waals surface area (Å²) in [5.74, 6) is 0.742. The SMILES string of the molecule is CCCCCCC/C=C/C(=O)Nc1ccc(OCC)cc1. The van der Waals surface area contributed by atoms with Crippen LogP contribution in [0, 0.1) is 0 Å². The molecule has 0 aliphatic heterocycles. The third-order valence-corrected chi connectivity index (χ3v) is 3.18. The fourth-order valence-electron chi connectivity index (χ4n) is 2.04. The lowest BCUT2D eigenvalue weighted by molar-refractivity contribution is -0.111. The van der Waals surface area contributed by atoms with Gasteiger partial charge < -0.3 is 10.1 Å². The van der Waals surface area contributed by atoms with E-state index in [2.05, 4.69) is 12.2 Å². The second-order valence-corrected chi connectivity index (χ2v) is 5.05. The number of amides is 1. The standard InChI is InChI=1S/C18H27NO2/c1-3-5-6-7-8-9-10-11-18(20)19-16-12-14-17(15-13-16)21-4-2/h10-15H,3-9H2,1-2H3,(H,19,20)/b11-10+. The molecule has 3 nitrogen and oxygen atoms in total. The molecule has 1 rings (SSSR count). The van der Waals surface area contributed by atoms with Crippen molar-refractivity contribution in [2.24, 2.45) is 0 Å². The minimum absolute atomic E-state index is 0.0762. The van der Waals surface area contributed by atoms with Crippen LogP contribution in [-0.2, 0) is 4.79 Å². The van der Waals surface area contributed by atoms with E-state index in [1.807, 2.05) is 37.3 Å². The molecule has 0 aliphatic carbocycles. The van der Waals surface area contributed by atoms with E-state index < -0.39 is 0 Å². The third-order valence-electron chi connectivity index (χ3n) is 3.18. The van der Waals surface area contributed by atoms with E-state index in [4.69, 9.17) is 4.74 Å². The number of rotatable bonds is 10. The Kier molecular flexibility index (Phi) is 9.01. The van der Waals surface area contributed by atoms with Crippen molar-refractivity contribution in [3.05, 3.63) is 36.4 Å². The van der Waals surface area contributed by atoms with Crippen molar-refractivity contribution in [3.8, 4) is 5.75 Å². The Morgan fingerprint density at radius 1 is 1.10 bits per heavy atom. The van der Waals surface area contributed by atoms with Crippen LogP contribution in [0.5, 0.6) is 5.75 Å². The van der Waals surface area contributed by atoms with Gasteiger partial charge in [-0.05, 0) is 50.1 Å². The Morgan fingerprint density at radius 3 is 2.48 bits per heavy atom. The average Bonchev–Trinajstić information content (AvgIpc) is 2.49. The first kappa shape index (κ1) is 17.3. The Bertz CT molecular complexity index is 423. The van der Waals surface area contributed by atoms with Gasteiger partial charge in [0.25, 0.3) is 0 Å². The van der Waals surface area contributed by atoms with Crippen LogP contribution in [0.2, 0.25) is 0 Å². The topological polar surface area (TPSA) is 38.3 Å². The highest BCUT2D eigenvalue weighted by Crippen LogP contribution is 2.15. The zero-order chi connectivity index (χ0) is 15.3. The number of benzene rings is 1. The molecule has 0 aromatic heterocycles. The van der Waals surface area contributed by atoms with Crippen molar-refractivity contribution in [1.29, 1.82) is 0 Å². The number of carbonyl (C=O) groups excluding carboxylic acids is 1. The van der Waals surface area contributed by atoms with E-state index in [1.54, 1.807) is 6.08 Å². The highest BCUT2D eigenvalue weighted by Gasteiger charge is 1.98. The molecule has 0 unspecified atom stereocenters. The maximum Gasteiger partial charge on any atom is 0.248 e. The van der Waals surface area contributed by atoms with E-state index in [1.165, 1.54) is 25.7 Å². The monoisotopic (exact) mass is 289 g/mol. The second kappa shape index (κ2) is 11.0. The summed E-state index contributed by atoms with van der Waals surface area (Å²) in [6.07, 6.45) is 10.8. The number of unbranched alkanes of at least 4 members (excludes halogenated alkanes) is 5. The quantitative estimate of drug-likeness (QED) is 0.489. The Hall–Kier alpha value is -1.77. The van der Waals surface area contributed by atoms with Gasteiger partial charge in [0.05, 0.1) is 6.61 Å². The lowest BCUT2D eigenvalue weighted by Crippen LogP contribution is -2.07. The van der Waals surface area contributed by atoms with Gasteiger partial charge in [-0.15, -0.1) is 0 Å². The lowest BCUT2D eigenvalue weighted by atomic mass is 10.1. The van der Waals surface area contributed by atoms with Gasteiger partial charge in [-0.2, -0.15) is 0 Å². The molecule has 0 aliphatic rings. The number of hydrogen-bond donors (Lipinski definition) is 1. The van der Waals surface area contributed by atoms with Crippen LogP contribution in [0.15, 0.2) is 36.4 Å². The maximum atomic E-state index is 11.7. The van der Waals surface area contributed by atoms with E-state index in [0.717, 1.165) is 24.3 Å². The molecule has 1 N–H and O–H groups in total. The van der Waals surface area contributed by atoms with Crippen LogP contribution in [0.1, 0.15) is 52.4 Å². The van der Waals surface area contributed by atoms with Crippen molar-refractivity contribution in [2.75, 3.05) is 11.9 Å². The molecule has 1 aromatic carbocycles. The van der Waals surface area contributed by atoms with Crippen molar-refractivity contribution in [3.63, 3.8) is 0 Å². The molecule has 0 saturated heterocycles. The fraction of sp³-hybridized carbons (Fsp3) is 0.500. The predicted octanol–water partition coefficient (Wildman–Crippen LogP) is 4.94. The van der Waals surface area contributed by atoms with Crippen LogP contribution in [0.25, 0.3) is 0 Å². The molecule has 0 spiro atoms. The third kappa shape index (κ3) is 8.18. The van der Waals surface area contributed by atoms with Crippen molar-refractivity contribution in [2.45, 2.75) is 52.4 Å². The maximum absolute atomic E-state index is 11.7. The minimum atomic E-state index is -0.0762. The van der Waals surface area contributed by atoms with Crippen LogP contribution < -0.4 is 10.1 Å². The van der Waals surface area contributed by atoms with Crippen molar-refractivity contribution >= 4 is 11.6 Å². The Balaban J connectivity index is 2.23. The van der Waals surface area contributed by atoms with Crippen LogP contribution in [-0.4, -0.2) is 12.5 Å². The highest BCUT2D eigenvalue weighted by molar-refractivity contribution is 5.99. The van der Waals surface area contributed by atoms with E-state index >= 15 is 0 Å². The minimum Gasteiger partial charge on any atom is -0.494 e. The van der Waals surface area contributed by atoms with Gasteiger partial charge in [-0.3, -0.25) is 4.79 Å². The molecule has 0 bridgehead atoms. The zero-order valence-corrected chi connectivity index (χ0v) is 13.2. The smallest absolute Gasteiger partial charge is 0.248 e. The van der Waals surface area contributed by atoms with Crippen LogP contribution >= 0.6 is 0 Å². The van der Waals surface area contributed by atoms with E-state index in [9.17, 15) is 4.79 Å². The molecule has 1 aromatic rings. The summed E-state index contributed by atoms with van der Waals surface area (Å²) < 4.78 is 5.36. The largest absolute Gasteiger partial charge is 0.494 e. The van der Waals surface area contributed by atoms with Gasteiger partial charge in [0, 0.05) is 5.69 Å². The highest BCUT2D eigenvalue weighted by atomic mass is 16.5. The van der Waals surface area contributed by atoms with E-state index in [-0.39, 0.29) is 5.91 Å². The lowest BCUT2D eigenvalue weighted by Gasteiger charge is -2.05. The molecule has 0 radical (unpaired) electrons. The number of carbonyl (C=O) groups is 1. The molecular weight excluding hydrogens is 262 g/mol. The number of nitrogens with one attached hydrogen (secondary N) is 1. The molecule has 0 atom stereocenters. The normalized spacial score (nSPS) is 10.8. The molecule has 1 amide bonds. The molecule has 116 valence electrons. The number of ether oxygens (including phenoxy) is 1. The molecule has 0 heterocycles. The summed E-state index contributed by atoms with van der Waals surface area (Å²) >= 11 is 0. The molecule has 21 heavy (non-hydrogen) atoms. The average molecular weight is 289 g/mol. The van der Waals surface area contributed by atoms with E-state index in [0.29, 0.717) is 6.61 Å². The van der Waals surface area contributed by atoms with Crippen LogP contribution in [0.3, 0.4) is 0 Å². The summed E-state index contributed by atoms with van der Waals surface area (Å²) in [4.78, 5) is 11.7.